The molecule has 1 heterocycles. The first-order valence-corrected chi connectivity index (χ1v) is 8.65. The first-order chi connectivity index (χ1) is 12.4. The monoisotopic (exact) mass is 359 g/mol. The largest absolute Gasteiger partial charge is 0.489 e. The van der Waals surface area contributed by atoms with Gasteiger partial charge < -0.3 is 19.9 Å². The van der Waals surface area contributed by atoms with Crippen LogP contribution in [0.5, 0.6) is 5.75 Å². The molecule has 2 N–H and O–H groups in total. The Morgan fingerprint density at radius 3 is 2.73 bits per heavy atom. The first kappa shape index (κ1) is 19.5. The van der Waals surface area contributed by atoms with E-state index in [0.29, 0.717) is 30.2 Å². The molecule has 0 aliphatic rings. The highest BCUT2D eigenvalue weighted by Crippen LogP contribution is 2.18. The summed E-state index contributed by atoms with van der Waals surface area (Å²) in [5, 5.41) is 9.33. The summed E-state index contributed by atoms with van der Waals surface area (Å²) in [5.41, 5.74) is 2.10. The zero-order valence-electron chi connectivity index (χ0n) is 15.6. The van der Waals surface area contributed by atoms with Gasteiger partial charge >= 0.3 is 0 Å². The third-order valence-corrected chi connectivity index (χ3v) is 3.95. The second-order valence-electron chi connectivity index (χ2n) is 6.11. The van der Waals surface area contributed by atoms with E-state index in [4.69, 9.17) is 9.26 Å². The highest BCUT2D eigenvalue weighted by atomic mass is 16.5. The lowest BCUT2D eigenvalue weighted by atomic mass is 10.2. The van der Waals surface area contributed by atoms with Gasteiger partial charge in [-0.1, -0.05) is 18.1 Å². The van der Waals surface area contributed by atoms with Crippen molar-refractivity contribution < 1.29 is 18.8 Å². The van der Waals surface area contributed by atoms with E-state index in [9.17, 15) is 9.59 Å². The van der Waals surface area contributed by atoms with Gasteiger partial charge in [-0.05, 0) is 45.4 Å². The number of nitrogens with one attached hydrogen (secondary N) is 2. The van der Waals surface area contributed by atoms with Crippen LogP contribution in [0, 0.1) is 13.8 Å². The Labute approximate surface area is 153 Å². The van der Waals surface area contributed by atoms with E-state index in [1.807, 2.05) is 20.8 Å². The van der Waals surface area contributed by atoms with Crippen molar-refractivity contribution in [1.82, 2.24) is 15.8 Å². The molecular formula is C19H25N3O4. The average Bonchev–Trinajstić information content (AvgIpc) is 2.95. The molecule has 0 unspecified atom stereocenters. The number of nitrogens with zero attached hydrogens (tertiary/aromatic N) is 1. The lowest BCUT2D eigenvalue weighted by Gasteiger charge is -2.14. The molecule has 26 heavy (non-hydrogen) atoms. The van der Waals surface area contributed by atoms with Crippen LogP contribution in [-0.4, -0.2) is 29.6 Å². The zero-order valence-corrected chi connectivity index (χ0v) is 15.6. The summed E-state index contributed by atoms with van der Waals surface area (Å²) in [5.74, 6) is 0.738. The van der Waals surface area contributed by atoms with E-state index >= 15 is 0 Å². The Morgan fingerprint density at radius 1 is 1.31 bits per heavy atom. The second-order valence-corrected chi connectivity index (χ2v) is 6.11. The number of aryl methyl sites for hydroxylation is 2. The van der Waals surface area contributed by atoms with Crippen molar-refractivity contribution in [2.45, 2.75) is 46.8 Å². The molecule has 0 saturated carbocycles. The lowest BCUT2D eigenvalue weighted by molar-refractivity contribution is -0.122. The highest BCUT2D eigenvalue weighted by molar-refractivity contribution is 5.97. The number of rotatable bonds is 8. The van der Waals surface area contributed by atoms with Gasteiger partial charge in [0.05, 0.1) is 11.3 Å². The van der Waals surface area contributed by atoms with Crippen molar-refractivity contribution in [1.29, 1.82) is 0 Å². The first-order valence-electron chi connectivity index (χ1n) is 8.65. The molecule has 0 radical (unpaired) electrons. The molecule has 7 heteroatoms. The van der Waals surface area contributed by atoms with E-state index in [1.165, 1.54) is 0 Å². The number of ether oxygens (including phenoxy) is 1. The third-order valence-electron chi connectivity index (χ3n) is 3.95. The number of benzene rings is 1. The van der Waals surface area contributed by atoms with Gasteiger partial charge in [0.25, 0.3) is 5.91 Å². The van der Waals surface area contributed by atoms with E-state index in [2.05, 4.69) is 15.8 Å². The molecule has 1 aromatic carbocycles. The molecule has 0 aliphatic heterocycles. The molecule has 2 aromatic rings. The molecule has 0 aliphatic carbocycles. The fourth-order valence-electron chi connectivity index (χ4n) is 2.34. The number of carbonyl (C=O) groups excluding carboxylic acids is 2. The van der Waals surface area contributed by atoms with Gasteiger partial charge in [-0.2, -0.15) is 0 Å². The summed E-state index contributed by atoms with van der Waals surface area (Å²) in [6.45, 7) is 8.20. The van der Waals surface area contributed by atoms with Crippen LogP contribution in [-0.2, 0) is 11.4 Å². The Morgan fingerprint density at radius 2 is 2.08 bits per heavy atom. The zero-order chi connectivity index (χ0) is 19.1. The lowest BCUT2D eigenvalue weighted by Crippen LogP contribution is -2.45. The van der Waals surface area contributed by atoms with E-state index < -0.39 is 6.04 Å². The van der Waals surface area contributed by atoms with Crippen molar-refractivity contribution >= 4 is 11.8 Å². The number of amides is 2. The maximum Gasteiger partial charge on any atom is 0.252 e. The average molecular weight is 359 g/mol. The van der Waals surface area contributed by atoms with Crippen molar-refractivity contribution in [3.8, 4) is 5.75 Å². The second kappa shape index (κ2) is 9.03. The van der Waals surface area contributed by atoms with E-state index in [0.717, 1.165) is 17.7 Å². The van der Waals surface area contributed by atoms with Crippen molar-refractivity contribution in [3.05, 3.63) is 46.8 Å². The van der Waals surface area contributed by atoms with Crippen LogP contribution in [0.2, 0.25) is 0 Å². The van der Waals surface area contributed by atoms with Gasteiger partial charge in [0.15, 0.2) is 0 Å². The fraction of sp³-hybridized carbons (Fsp3) is 0.421. The SMILES string of the molecule is CCCNC(=O)[C@H](C)NC(=O)c1cccc(OCc2c(C)noc2C)c1. The van der Waals surface area contributed by atoms with Gasteiger partial charge in [0.2, 0.25) is 5.91 Å². The minimum Gasteiger partial charge on any atom is -0.489 e. The highest BCUT2D eigenvalue weighted by Gasteiger charge is 2.16. The number of hydrogen-bond acceptors (Lipinski definition) is 5. The molecule has 140 valence electrons. The third kappa shape index (κ3) is 5.08. The molecule has 2 rings (SSSR count). The normalized spacial score (nSPS) is 11.7. The molecule has 0 saturated heterocycles. The van der Waals surface area contributed by atoms with Gasteiger partial charge in [0.1, 0.15) is 24.2 Å². The predicted molar refractivity (Wildman–Crippen MR) is 97.0 cm³/mol. The molecule has 1 aromatic heterocycles. The maximum absolute atomic E-state index is 12.4. The van der Waals surface area contributed by atoms with Gasteiger partial charge in [-0.15, -0.1) is 0 Å². The number of hydrogen-bond donors (Lipinski definition) is 2. The van der Waals surface area contributed by atoms with Crippen LogP contribution < -0.4 is 15.4 Å². The Kier molecular flexibility index (Phi) is 6.77. The maximum atomic E-state index is 12.4. The minimum atomic E-state index is -0.610. The molecule has 7 nitrogen and oxygen atoms in total. The summed E-state index contributed by atoms with van der Waals surface area (Å²) >= 11 is 0. The van der Waals surface area contributed by atoms with E-state index in [-0.39, 0.29) is 11.8 Å². The van der Waals surface area contributed by atoms with Crippen LogP contribution in [0.25, 0.3) is 0 Å². The van der Waals surface area contributed by atoms with Crippen molar-refractivity contribution in [2.75, 3.05) is 6.54 Å². The standard InChI is InChI=1S/C19H25N3O4/c1-5-9-20-18(23)13(3)21-19(24)15-7-6-8-16(10-15)25-11-17-12(2)22-26-14(17)4/h6-8,10,13H,5,9,11H2,1-4H3,(H,20,23)(H,21,24)/t13-/m0/s1. The van der Waals surface area contributed by atoms with Crippen molar-refractivity contribution in [2.24, 2.45) is 0 Å². The van der Waals surface area contributed by atoms with Gasteiger partial charge in [-0.3, -0.25) is 9.59 Å². The van der Waals surface area contributed by atoms with Crippen LogP contribution in [0.15, 0.2) is 28.8 Å². The summed E-state index contributed by atoms with van der Waals surface area (Å²) in [6, 6.07) is 6.21. The molecule has 2 amide bonds. The molecule has 1 atom stereocenters. The van der Waals surface area contributed by atoms with Crippen molar-refractivity contribution in [3.63, 3.8) is 0 Å². The number of carbonyl (C=O) groups is 2. The summed E-state index contributed by atoms with van der Waals surface area (Å²) in [7, 11) is 0. The molecule has 0 bridgehead atoms. The van der Waals surface area contributed by atoms with E-state index in [1.54, 1.807) is 31.2 Å². The van der Waals surface area contributed by atoms with Crippen LogP contribution >= 0.6 is 0 Å². The Balaban J connectivity index is 1.97. The fourth-order valence-corrected chi connectivity index (χ4v) is 2.34. The minimum absolute atomic E-state index is 0.203. The Bertz CT molecular complexity index is 750. The summed E-state index contributed by atoms with van der Waals surface area (Å²) in [6.07, 6.45) is 0.844. The van der Waals surface area contributed by atoms with Crippen LogP contribution in [0.1, 0.15) is 47.6 Å². The quantitative estimate of drug-likeness (QED) is 0.755. The smallest absolute Gasteiger partial charge is 0.252 e. The molecular weight excluding hydrogens is 334 g/mol. The molecule has 0 fully saturated rings. The van der Waals surface area contributed by atoms with Crippen LogP contribution in [0.3, 0.4) is 0 Å². The number of aromatic nitrogens is 1. The predicted octanol–water partition coefficient (Wildman–Crippen LogP) is 2.51. The molecule has 0 spiro atoms. The van der Waals surface area contributed by atoms with Gasteiger partial charge in [-0.25, -0.2) is 0 Å². The Hall–Kier alpha value is -2.83. The summed E-state index contributed by atoms with van der Waals surface area (Å²) < 4.78 is 10.9. The summed E-state index contributed by atoms with van der Waals surface area (Å²) in [4.78, 5) is 24.2. The topological polar surface area (TPSA) is 93.5 Å². The van der Waals surface area contributed by atoms with Crippen LogP contribution in [0.4, 0.5) is 0 Å². The van der Waals surface area contributed by atoms with Gasteiger partial charge in [0, 0.05) is 12.1 Å².